The molecule has 0 radical (unpaired) electrons. The van der Waals surface area contributed by atoms with Crippen molar-refractivity contribution in [1.82, 2.24) is 19.9 Å². The van der Waals surface area contributed by atoms with Crippen molar-refractivity contribution in [2.75, 3.05) is 11.9 Å². The Bertz CT molecular complexity index is 1230. The molecule has 6 nitrogen and oxygen atoms in total. The lowest BCUT2D eigenvalue weighted by Gasteiger charge is -2.12. The van der Waals surface area contributed by atoms with E-state index >= 15 is 0 Å². The number of para-hydroxylation sites is 1. The zero-order valence-corrected chi connectivity index (χ0v) is 17.8. The van der Waals surface area contributed by atoms with Crippen LogP contribution in [0.5, 0.6) is 0 Å². The third-order valence-electron chi connectivity index (χ3n) is 4.65. The predicted molar refractivity (Wildman–Crippen MR) is 118 cm³/mol. The molecule has 0 aliphatic heterocycles. The molecule has 1 atom stereocenters. The molecule has 8 heteroatoms. The molecule has 0 aliphatic carbocycles. The van der Waals surface area contributed by atoms with Crippen LogP contribution < -0.4 is 10.9 Å². The van der Waals surface area contributed by atoms with Gasteiger partial charge in [-0.15, -0.1) is 11.3 Å². The van der Waals surface area contributed by atoms with Gasteiger partial charge in [-0.05, 0) is 45.4 Å². The van der Waals surface area contributed by atoms with Crippen LogP contribution in [0.2, 0.25) is 0 Å². The molecule has 2 N–H and O–H groups in total. The summed E-state index contributed by atoms with van der Waals surface area (Å²) in [5, 5.41) is 5.57. The molecule has 1 aromatic carbocycles. The Labute approximate surface area is 170 Å². The number of anilines is 1. The Balaban J connectivity index is 1.71. The van der Waals surface area contributed by atoms with Gasteiger partial charge in [0.1, 0.15) is 16.5 Å². The van der Waals surface area contributed by atoms with E-state index in [1.54, 1.807) is 11.3 Å². The second kappa shape index (κ2) is 7.52. The minimum absolute atomic E-state index is 0.0814. The molecule has 3 heterocycles. The van der Waals surface area contributed by atoms with Crippen LogP contribution in [0.25, 0.3) is 21.1 Å². The van der Waals surface area contributed by atoms with Crippen LogP contribution in [0.3, 0.4) is 0 Å². The maximum atomic E-state index is 12.6. The number of benzene rings is 1. The van der Waals surface area contributed by atoms with Crippen molar-refractivity contribution in [3.8, 4) is 0 Å². The number of fused-ring (bicyclic) bond motifs is 2. The fraction of sp³-hybridized carbons (Fsp3) is 0.300. The molecule has 3 aromatic heterocycles. The van der Waals surface area contributed by atoms with E-state index in [2.05, 4.69) is 20.3 Å². The Morgan fingerprint density at radius 2 is 2.00 bits per heavy atom. The highest BCUT2D eigenvalue weighted by Gasteiger charge is 2.18. The molecule has 144 valence electrons. The number of aryl methyl sites for hydroxylation is 2. The first-order valence-corrected chi connectivity index (χ1v) is 10.8. The van der Waals surface area contributed by atoms with Crippen LogP contribution in [0.15, 0.2) is 34.2 Å². The summed E-state index contributed by atoms with van der Waals surface area (Å²) < 4.78 is 0. The van der Waals surface area contributed by atoms with Crippen LogP contribution >= 0.6 is 23.1 Å². The van der Waals surface area contributed by atoms with Crippen molar-refractivity contribution in [1.29, 1.82) is 0 Å². The molecule has 0 fully saturated rings. The van der Waals surface area contributed by atoms with Gasteiger partial charge in [-0.2, -0.15) is 0 Å². The molecule has 0 saturated heterocycles. The van der Waals surface area contributed by atoms with Gasteiger partial charge >= 0.3 is 0 Å². The predicted octanol–water partition coefficient (Wildman–Crippen LogP) is 4.83. The average molecular weight is 412 g/mol. The largest absolute Gasteiger partial charge is 0.370 e. The number of thioether (sulfide) groups is 1. The number of H-pyrrole nitrogens is 1. The van der Waals surface area contributed by atoms with Gasteiger partial charge in [0.25, 0.3) is 5.56 Å². The van der Waals surface area contributed by atoms with Gasteiger partial charge < -0.3 is 10.3 Å². The number of hydrogen-bond acceptors (Lipinski definition) is 7. The van der Waals surface area contributed by atoms with Gasteiger partial charge in [0, 0.05) is 16.8 Å². The van der Waals surface area contributed by atoms with Crippen LogP contribution in [0.1, 0.15) is 35.4 Å². The zero-order chi connectivity index (χ0) is 19.8. The van der Waals surface area contributed by atoms with Gasteiger partial charge in [-0.1, -0.05) is 23.9 Å². The van der Waals surface area contributed by atoms with Gasteiger partial charge in [0.2, 0.25) is 0 Å². The smallest absolute Gasteiger partial charge is 0.259 e. The van der Waals surface area contributed by atoms with Crippen molar-refractivity contribution < 1.29 is 0 Å². The number of thiophene rings is 1. The van der Waals surface area contributed by atoms with E-state index in [-0.39, 0.29) is 10.8 Å². The third kappa shape index (κ3) is 3.38. The van der Waals surface area contributed by atoms with E-state index < -0.39 is 0 Å². The topological polar surface area (TPSA) is 83.6 Å². The SMILES string of the molecule is CCNc1nc(SC(C)c2nc3sc(C)c(C)c3c(=O)[nH]2)nc2ccccc12. The highest BCUT2D eigenvalue weighted by atomic mass is 32.2. The number of nitrogens with one attached hydrogen (secondary N) is 2. The minimum Gasteiger partial charge on any atom is -0.370 e. The molecular formula is C20H21N5OS2. The number of aromatic nitrogens is 4. The van der Waals surface area contributed by atoms with Crippen molar-refractivity contribution in [2.45, 2.75) is 38.1 Å². The third-order valence-corrected chi connectivity index (χ3v) is 6.72. The summed E-state index contributed by atoms with van der Waals surface area (Å²) >= 11 is 3.05. The number of nitrogens with zero attached hydrogens (tertiary/aromatic N) is 3. The Morgan fingerprint density at radius 1 is 1.21 bits per heavy atom. The van der Waals surface area contributed by atoms with Gasteiger partial charge in [-0.3, -0.25) is 4.79 Å². The van der Waals surface area contributed by atoms with E-state index in [9.17, 15) is 4.79 Å². The average Bonchev–Trinajstić information content (AvgIpc) is 2.96. The van der Waals surface area contributed by atoms with E-state index in [0.717, 1.165) is 38.5 Å². The lowest BCUT2D eigenvalue weighted by Crippen LogP contribution is -2.12. The van der Waals surface area contributed by atoms with Gasteiger partial charge in [0.05, 0.1) is 16.2 Å². The summed E-state index contributed by atoms with van der Waals surface area (Å²) in [4.78, 5) is 31.5. The molecule has 1 unspecified atom stereocenters. The Kier molecular flexibility index (Phi) is 5.07. The number of aromatic amines is 1. The fourth-order valence-electron chi connectivity index (χ4n) is 3.09. The second-order valence-electron chi connectivity index (χ2n) is 6.58. The summed E-state index contributed by atoms with van der Waals surface area (Å²) in [5.74, 6) is 1.47. The van der Waals surface area contributed by atoms with Crippen LogP contribution in [0, 0.1) is 13.8 Å². The van der Waals surface area contributed by atoms with Crippen molar-refractivity contribution in [3.05, 3.63) is 50.9 Å². The lowest BCUT2D eigenvalue weighted by atomic mass is 10.2. The Hall–Kier alpha value is -2.45. The van der Waals surface area contributed by atoms with E-state index in [4.69, 9.17) is 4.98 Å². The van der Waals surface area contributed by atoms with Crippen LogP contribution in [-0.2, 0) is 0 Å². The molecule has 0 spiro atoms. The van der Waals surface area contributed by atoms with Crippen molar-refractivity contribution in [2.24, 2.45) is 0 Å². The summed E-state index contributed by atoms with van der Waals surface area (Å²) in [6.07, 6.45) is 0. The number of rotatable bonds is 5. The van der Waals surface area contributed by atoms with Crippen LogP contribution in [-0.4, -0.2) is 26.5 Å². The van der Waals surface area contributed by atoms with Gasteiger partial charge in [0.15, 0.2) is 5.16 Å². The first-order valence-electron chi connectivity index (χ1n) is 9.15. The van der Waals surface area contributed by atoms with E-state index in [0.29, 0.717) is 16.4 Å². The standard InChI is InChI=1S/C20H21N5OS2/c1-5-21-17-13-8-6-7-9-14(13)22-20(25-17)28-12(4)16-23-18(26)15-10(2)11(3)27-19(15)24-16/h6-9,12H,5H2,1-4H3,(H,21,22,25)(H,23,24,26). The number of hydrogen-bond donors (Lipinski definition) is 2. The lowest BCUT2D eigenvalue weighted by molar-refractivity contribution is 0.908. The Morgan fingerprint density at radius 3 is 2.79 bits per heavy atom. The van der Waals surface area contributed by atoms with Crippen molar-refractivity contribution in [3.63, 3.8) is 0 Å². The summed E-state index contributed by atoms with van der Waals surface area (Å²) in [6.45, 7) is 8.82. The van der Waals surface area contributed by atoms with E-state index in [1.807, 2.05) is 52.0 Å². The molecule has 4 aromatic rings. The van der Waals surface area contributed by atoms with Gasteiger partial charge in [-0.25, -0.2) is 15.0 Å². The molecule has 0 aliphatic rings. The highest BCUT2D eigenvalue weighted by Crippen LogP contribution is 2.34. The zero-order valence-electron chi connectivity index (χ0n) is 16.2. The molecule has 4 rings (SSSR count). The molecule has 0 bridgehead atoms. The molecule has 0 saturated carbocycles. The molecular weight excluding hydrogens is 390 g/mol. The maximum Gasteiger partial charge on any atom is 0.259 e. The maximum absolute atomic E-state index is 12.6. The van der Waals surface area contributed by atoms with Crippen LogP contribution in [0.4, 0.5) is 5.82 Å². The molecule has 0 amide bonds. The fourth-order valence-corrected chi connectivity index (χ4v) is 4.96. The quantitative estimate of drug-likeness (QED) is 0.361. The summed E-state index contributed by atoms with van der Waals surface area (Å²) in [6, 6.07) is 7.95. The summed E-state index contributed by atoms with van der Waals surface area (Å²) in [5.41, 5.74) is 1.82. The minimum atomic E-state index is -0.0875. The summed E-state index contributed by atoms with van der Waals surface area (Å²) in [7, 11) is 0. The monoisotopic (exact) mass is 411 g/mol. The highest BCUT2D eigenvalue weighted by molar-refractivity contribution is 7.99. The second-order valence-corrected chi connectivity index (χ2v) is 9.09. The molecule has 28 heavy (non-hydrogen) atoms. The normalized spacial score (nSPS) is 12.6. The first kappa shape index (κ1) is 18.9. The van der Waals surface area contributed by atoms with Crippen molar-refractivity contribution >= 4 is 50.0 Å². The first-order chi connectivity index (χ1) is 13.5. The van der Waals surface area contributed by atoms with E-state index in [1.165, 1.54) is 11.8 Å².